The number of rotatable bonds is 5. The van der Waals surface area contributed by atoms with Crippen molar-refractivity contribution in [2.45, 2.75) is 6.54 Å². The van der Waals surface area contributed by atoms with E-state index in [4.69, 9.17) is 21.9 Å². The van der Waals surface area contributed by atoms with Crippen LogP contribution in [-0.2, 0) is 11.3 Å². The third-order valence-electron chi connectivity index (χ3n) is 5.71. The van der Waals surface area contributed by atoms with E-state index in [-0.39, 0.29) is 11.5 Å². The molecule has 2 saturated heterocycles. The number of thioether (sulfide) groups is 2. The smallest absolute Gasteiger partial charge is 0.267 e. The Hall–Kier alpha value is -2.82. The van der Waals surface area contributed by atoms with Crippen LogP contribution in [0.25, 0.3) is 11.7 Å². The molecule has 0 saturated carbocycles. The van der Waals surface area contributed by atoms with Gasteiger partial charge in [-0.2, -0.15) is 11.8 Å². The molecule has 0 N–H and O–H groups in total. The second kappa shape index (κ2) is 9.81. The van der Waals surface area contributed by atoms with Gasteiger partial charge in [0.25, 0.3) is 11.5 Å². The van der Waals surface area contributed by atoms with Crippen LogP contribution in [0.5, 0.6) is 5.75 Å². The maximum absolute atomic E-state index is 13.5. The Morgan fingerprint density at radius 3 is 2.62 bits per heavy atom. The molecular weight excluding hydrogens is 488 g/mol. The predicted molar refractivity (Wildman–Crippen MR) is 143 cm³/mol. The molecule has 1 amide bonds. The zero-order valence-electron chi connectivity index (χ0n) is 18.5. The van der Waals surface area contributed by atoms with Gasteiger partial charge in [0, 0.05) is 30.8 Å². The van der Waals surface area contributed by atoms with Crippen LogP contribution < -0.4 is 15.2 Å². The van der Waals surface area contributed by atoms with Gasteiger partial charge in [-0.05, 0) is 35.9 Å². The first-order valence-electron chi connectivity index (χ1n) is 10.8. The van der Waals surface area contributed by atoms with Gasteiger partial charge in [-0.3, -0.25) is 18.9 Å². The van der Waals surface area contributed by atoms with E-state index in [0.29, 0.717) is 32.8 Å². The highest BCUT2D eigenvalue weighted by Crippen LogP contribution is 2.35. The van der Waals surface area contributed by atoms with Crippen molar-refractivity contribution in [2.75, 3.05) is 36.6 Å². The quantitative estimate of drug-likeness (QED) is 0.381. The molecule has 2 aliphatic heterocycles. The summed E-state index contributed by atoms with van der Waals surface area (Å²) in [6, 6.07) is 13.0. The highest BCUT2D eigenvalue weighted by molar-refractivity contribution is 8.26. The molecule has 5 rings (SSSR count). The zero-order valence-corrected chi connectivity index (χ0v) is 20.9. The first-order valence-corrected chi connectivity index (χ1v) is 13.2. The van der Waals surface area contributed by atoms with E-state index >= 15 is 0 Å². The summed E-state index contributed by atoms with van der Waals surface area (Å²) >= 11 is 8.62. The average molecular weight is 511 g/mol. The van der Waals surface area contributed by atoms with E-state index in [9.17, 15) is 9.59 Å². The number of nitrogens with zero attached hydrogens (tertiary/aromatic N) is 4. The average Bonchev–Trinajstić information content (AvgIpc) is 3.14. The van der Waals surface area contributed by atoms with Crippen LogP contribution in [0.15, 0.2) is 58.4 Å². The summed E-state index contributed by atoms with van der Waals surface area (Å²) in [5.74, 6) is 3.11. The first-order chi connectivity index (χ1) is 16.5. The lowest BCUT2D eigenvalue weighted by Gasteiger charge is -2.28. The van der Waals surface area contributed by atoms with Crippen LogP contribution in [0.2, 0.25) is 0 Å². The number of hydrogen-bond acceptors (Lipinski definition) is 8. The van der Waals surface area contributed by atoms with Crippen molar-refractivity contribution < 1.29 is 9.53 Å². The van der Waals surface area contributed by atoms with Crippen LogP contribution in [0, 0.1) is 0 Å². The molecule has 0 bridgehead atoms. The summed E-state index contributed by atoms with van der Waals surface area (Å²) in [6.45, 7) is 1.97. The molecule has 0 radical (unpaired) electrons. The topological polar surface area (TPSA) is 67.2 Å². The summed E-state index contributed by atoms with van der Waals surface area (Å²) < 4.78 is 7.19. The van der Waals surface area contributed by atoms with E-state index in [1.54, 1.807) is 30.3 Å². The number of hydrogen-bond donors (Lipinski definition) is 0. The van der Waals surface area contributed by atoms with Crippen molar-refractivity contribution in [3.05, 3.63) is 75.0 Å². The Kier molecular flexibility index (Phi) is 6.62. The molecule has 4 heterocycles. The monoisotopic (exact) mass is 510 g/mol. The molecule has 2 aliphatic rings. The van der Waals surface area contributed by atoms with Crippen molar-refractivity contribution in [3.8, 4) is 5.75 Å². The zero-order chi connectivity index (χ0) is 23.7. The Balaban J connectivity index is 1.52. The van der Waals surface area contributed by atoms with Crippen LogP contribution in [0.3, 0.4) is 0 Å². The molecule has 0 unspecified atom stereocenters. The van der Waals surface area contributed by atoms with E-state index in [1.807, 2.05) is 48.2 Å². The van der Waals surface area contributed by atoms with Gasteiger partial charge in [-0.15, -0.1) is 0 Å². The number of pyridine rings is 1. The highest BCUT2D eigenvalue weighted by atomic mass is 32.2. The van der Waals surface area contributed by atoms with Crippen LogP contribution in [-0.4, -0.2) is 56.2 Å². The molecule has 174 valence electrons. The Morgan fingerprint density at radius 2 is 1.88 bits per heavy atom. The number of fused-ring (bicyclic) bond motifs is 1. The number of aromatic nitrogens is 2. The maximum atomic E-state index is 13.5. The number of benzene rings is 1. The van der Waals surface area contributed by atoms with Gasteiger partial charge in [0.1, 0.15) is 21.5 Å². The lowest BCUT2D eigenvalue weighted by Crippen LogP contribution is -2.35. The van der Waals surface area contributed by atoms with E-state index in [1.165, 1.54) is 16.2 Å². The van der Waals surface area contributed by atoms with Crippen LogP contribution >= 0.6 is 35.7 Å². The number of carbonyl (C=O) groups is 1. The predicted octanol–water partition coefficient (Wildman–Crippen LogP) is 3.66. The molecular formula is C24H22N4O3S3. The molecule has 0 aliphatic carbocycles. The van der Waals surface area contributed by atoms with Crippen molar-refractivity contribution in [1.82, 2.24) is 14.3 Å². The minimum Gasteiger partial charge on any atom is -0.497 e. The standard InChI is InChI=1S/C24H22N4O3S3/c1-31-17-7-5-16(6-8-17)15-28-23(30)19(34-24(28)32)14-18-21(26-10-12-33-13-11-26)25-20-4-2-3-9-27(20)22(18)29/h2-9,14H,10-13,15H2,1H3/b19-14-. The van der Waals surface area contributed by atoms with E-state index in [2.05, 4.69) is 4.90 Å². The van der Waals surface area contributed by atoms with Gasteiger partial charge >= 0.3 is 0 Å². The maximum Gasteiger partial charge on any atom is 0.267 e. The van der Waals surface area contributed by atoms with Gasteiger partial charge < -0.3 is 9.64 Å². The van der Waals surface area contributed by atoms with Gasteiger partial charge in [0.15, 0.2) is 0 Å². The highest BCUT2D eigenvalue weighted by Gasteiger charge is 2.33. The molecule has 7 nitrogen and oxygen atoms in total. The van der Waals surface area contributed by atoms with E-state index < -0.39 is 0 Å². The lowest BCUT2D eigenvalue weighted by molar-refractivity contribution is -0.122. The molecule has 0 atom stereocenters. The molecule has 3 aromatic rings. The molecule has 10 heteroatoms. The lowest BCUT2D eigenvalue weighted by atomic mass is 10.2. The minimum absolute atomic E-state index is 0.195. The number of ether oxygens (including phenoxy) is 1. The second-order valence-electron chi connectivity index (χ2n) is 7.80. The SMILES string of the molecule is COc1ccc(CN2C(=O)/C(=C/c3c(N4CCSCC4)nc4ccccn4c3=O)SC2=S)cc1. The number of carbonyl (C=O) groups excluding carboxylic acids is 1. The minimum atomic E-state index is -0.205. The summed E-state index contributed by atoms with van der Waals surface area (Å²) in [6.07, 6.45) is 3.37. The number of anilines is 1. The Bertz CT molecular complexity index is 1350. The van der Waals surface area contributed by atoms with Crippen molar-refractivity contribution in [1.29, 1.82) is 0 Å². The fraction of sp³-hybridized carbons (Fsp3) is 0.250. The Morgan fingerprint density at radius 1 is 1.12 bits per heavy atom. The summed E-state index contributed by atoms with van der Waals surface area (Å²) in [5, 5.41) is 0. The van der Waals surface area contributed by atoms with Crippen molar-refractivity contribution in [2.24, 2.45) is 0 Å². The van der Waals surface area contributed by atoms with Gasteiger partial charge in [-0.1, -0.05) is 42.2 Å². The largest absolute Gasteiger partial charge is 0.497 e. The van der Waals surface area contributed by atoms with E-state index in [0.717, 1.165) is 35.9 Å². The van der Waals surface area contributed by atoms with Crippen molar-refractivity contribution in [3.63, 3.8) is 0 Å². The summed E-state index contributed by atoms with van der Waals surface area (Å²) in [5.41, 5.74) is 1.75. The molecule has 2 aromatic heterocycles. The van der Waals surface area contributed by atoms with Gasteiger partial charge in [0.2, 0.25) is 0 Å². The summed E-state index contributed by atoms with van der Waals surface area (Å²) in [4.78, 5) is 35.7. The fourth-order valence-corrected chi connectivity index (χ4v) is 6.05. The number of thiocarbonyl (C=S) groups is 1. The second-order valence-corrected chi connectivity index (χ2v) is 10.7. The summed E-state index contributed by atoms with van der Waals surface area (Å²) in [7, 11) is 1.61. The third kappa shape index (κ3) is 4.45. The third-order valence-corrected chi connectivity index (χ3v) is 8.03. The Labute approximate surface area is 210 Å². The number of methoxy groups -OCH3 is 1. The molecule has 2 fully saturated rings. The van der Waals surface area contributed by atoms with Gasteiger partial charge in [-0.25, -0.2) is 4.98 Å². The molecule has 0 spiro atoms. The van der Waals surface area contributed by atoms with Crippen molar-refractivity contribution >= 4 is 63.5 Å². The number of amides is 1. The van der Waals surface area contributed by atoms with Gasteiger partial charge in [0.05, 0.1) is 24.1 Å². The first kappa shape index (κ1) is 22.9. The fourth-order valence-electron chi connectivity index (χ4n) is 3.91. The molecule has 1 aromatic carbocycles. The van der Waals surface area contributed by atoms with Crippen LogP contribution in [0.1, 0.15) is 11.1 Å². The molecule has 34 heavy (non-hydrogen) atoms. The van der Waals surface area contributed by atoms with Crippen LogP contribution in [0.4, 0.5) is 5.82 Å². The normalized spacial score (nSPS) is 17.7.